The van der Waals surface area contributed by atoms with Crippen molar-refractivity contribution in [2.45, 2.75) is 19.6 Å². The molecule has 1 N–H and O–H groups in total. The van der Waals surface area contributed by atoms with Crippen LogP contribution in [0.2, 0.25) is 10.0 Å². The summed E-state index contributed by atoms with van der Waals surface area (Å²) in [4.78, 5) is 0. The van der Waals surface area contributed by atoms with E-state index in [1.807, 2.05) is 18.2 Å². The number of hydrogen-bond donors (Lipinski definition) is 1. The zero-order valence-electron chi connectivity index (χ0n) is 16.4. The molecule has 0 radical (unpaired) electrons. The molecule has 3 aromatic rings. The van der Waals surface area contributed by atoms with Crippen LogP contribution >= 0.6 is 39.1 Å². The average Bonchev–Trinajstić information content (AvgIpc) is 2.74. The number of benzene rings is 3. The Morgan fingerprint density at radius 1 is 0.933 bits per heavy atom. The molecule has 30 heavy (non-hydrogen) atoms. The van der Waals surface area contributed by atoms with Crippen molar-refractivity contribution in [1.29, 1.82) is 0 Å². The Labute approximate surface area is 194 Å². The van der Waals surface area contributed by atoms with Crippen molar-refractivity contribution < 1.29 is 13.9 Å². The Kier molecular flexibility index (Phi) is 8.40. The summed E-state index contributed by atoms with van der Waals surface area (Å²) in [5.74, 6) is 1.06. The van der Waals surface area contributed by atoms with E-state index >= 15 is 0 Å². The molecule has 0 bridgehead atoms. The van der Waals surface area contributed by atoms with Crippen LogP contribution in [0.4, 0.5) is 4.39 Å². The Morgan fingerprint density at radius 2 is 1.67 bits per heavy atom. The third-order valence-electron chi connectivity index (χ3n) is 4.53. The topological polar surface area (TPSA) is 30.5 Å². The molecule has 3 rings (SSSR count). The maximum absolute atomic E-state index is 13.0. The molecule has 3 aromatic carbocycles. The Hall–Kier alpha value is -1.79. The smallest absolute Gasteiger partial charge is 0.162 e. The van der Waals surface area contributed by atoms with Crippen LogP contribution in [-0.4, -0.2) is 13.7 Å². The van der Waals surface area contributed by atoms with Gasteiger partial charge in [0.05, 0.1) is 17.2 Å². The first-order chi connectivity index (χ1) is 14.5. The third-order valence-corrected chi connectivity index (χ3v) is 6.01. The Morgan fingerprint density at radius 3 is 2.37 bits per heavy atom. The van der Waals surface area contributed by atoms with Gasteiger partial charge in [0.15, 0.2) is 11.5 Å². The molecule has 0 fully saturated rings. The lowest BCUT2D eigenvalue weighted by Crippen LogP contribution is -2.17. The van der Waals surface area contributed by atoms with Gasteiger partial charge >= 0.3 is 0 Å². The summed E-state index contributed by atoms with van der Waals surface area (Å²) in [6.45, 7) is 1.77. The molecule has 0 aliphatic heterocycles. The number of ether oxygens (including phenoxy) is 2. The van der Waals surface area contributed by atoms with Gasteiger partial charge in [0.2, 0.25) is 0 Å². The fourth-order valence-electron chi connectivity index (χ4n) is 2.88. The maximum atomic E-state index is 13.0. The number of hydrogen-bond acceptors (Lipinski definition) is 3. The largest absolute Gasteiger partial charge is 0.493 e. The number of nitrogens with one attached hydrogen (secondary N) is 1. The number of halogens is 4. The first-order valence-corrected chi connectivity index (χ1v) is 10.9. The number of methoxy groups -OCH3 is 1. The van der Waals surface area contributed by atoms with Gasteiger partial charge in [-0.3, -0.25) is 0 Å². The van der Waals surface area contributed by atoms with Crippen LogP contribution in [0.25, 0.3) is 0 Å². The van der Waals surface area contributed by atoms with Gasteiger partial charge < -0.3 is 14.8 Å². The van der Waals surface area contributed by atoms with Crippen molar-refractivity contribution in [3.63, 3.8) is 0 Å². The minimum absolute atomic E-state index is 0.218. The van der Waals surface area contributed by atoms with E-state index in [1.165, 1.54) is 12.1 Å². The number of rotatable bonds is 9. The van der Waals surface area contributed by atoms with E-state index in [1.54, 1.807) is 31.4 Å². The minimum Gasteiger partial charge on any atom is -0.493 e. The van der Waals surface area contributed by atoms with Gasteiger partial charge in [-0.1, -0.05) is 57.3 Å². The molecule has 158 valence electrons. The van der Waals surface area contributed by atoms with Crippen LogP contribution < -0.4 is 14.8 Å². The summed E-state index contributed by atoms with van der Waals surface area (Å²) in [7, 11) is 1.61. The molecular formula is C23H21BrCl2FNO2. The molecule has 3 nitrogen and oxygen atoms in total. The van der Waals surface area contributed by atoms with E-state index in [9.17, 15) is 4.39 Å². The molecule has 0 amide bonds. The lowest BCUT2D eigenvalue weighted by Gasteiger charge is -2.15. The highest BCUT2D eigenvalue weighted by molar-refractivity contribution is 9.10. The molecule has 0 unspecified atom stereocenters. The van der Waals surface area contributed by atoms with E-state index in [2.05, 4.69) is 21.2 Å². The van der Waals surface area contributed by atoms with Crippen molar-refractivity contribution in [1.82, 2.24) is 5.32 Å². The van der Waals surface area contributed by atoms with Crippen molar-refractivity contribution in [3.05, 3.63) is 91.6 Å². The minimum atomic E-state index is -0.218. The molecule has 0 atom stereocenters. The van der Waals surface area contributed by atoms with Gasteiger partial charge in [-0.15, -0.1) is 0 Å². The zero-order valence-corrected chi connectivity index (χ0v) is 19.5. The summed E-state index contributed by atoms with van der Waals surface area (Å²) in [5, 5.41) is 4.40. The summed E-state index contributed by atoms with van der Waals surface area (Å²) in [5.41, 5.74) is 3.05. The lowest BCUT2D eigenvalue weighted by atomic mass is 10.1. The van der Waals surface area contributed by atoms with Crippen LogP contribution in [0.1, 0.15) is 16.7 Å². The molecule has 7 heteroatoms. The highest BCUT2D eigenvalue weighted by Gasteiger charge is 2.11. The van der Waals surface area contributed by atoms with Gasteiger partial charge in [0, 0.05) is 11.0 Å². The summed E-state index contributed by atoms with van der Waals surface area (Å²) in [6.07, 6.45) is 0.819. The molecular weight excluding hydrogens is 492 g/mol. The second-order valence-corrected chi connectivity index (χ2v) is 8.35. The Balaban J connectivity index is 1.58. The third kappa shape index (κ3) is 6.35. The van der Waals surface area contributed by atoms with Crippen molar-refractivity contribution in [2.24, 2.45) is 0 Å². The van der Waals surface area contributed by atoms with Crippen molar-refractivity contribution in [2.75, 3.05) is 13.7 Å². The van der Waals surface area contributed by atoms with Crippen LogP contribution in [-0.2, 0) is 19.6 Å². The van der Waals surface area contributed by atoms with Crippen molar-refractivity contribution in [3.8, 4) is 11.5 Å². The SMILES string of the molecule is COc1cc(CNCCc2ccc(F)cc2)c(Br)cc1OCc1ccc(Cl)c(Cl)c1. The first-order valence-electron chi connectivity index (χ1n) is 9.34. The molecule has 0 saturated carbocycles. The summed E-state index contributed by atoms with van der Waals surface area (Å²) >= 11 is 15.6. The molecule has 0 aromatic heterocycles. The summed E-state index contributed by atoms with van der Waals surface area (Å²) in [6, 6.07) is 15.8. The van der Waals surface area contributed by atoms with Gasteiger partial charge in [0.25, 0.3) is 0 Å². The van der Waals surface area contributed by atoms with E-state index in [0.29, 0.717) is 34.7 Å². The second kappa shape index (κ2) is 11.0. The van der Waals surface area contributed by atoms with E-state index in [0.717, 1.165) is 34.1 Å². The predicted molar refractivity (Wildman–Crippen MR) is 123 cm³/mol. The molecule has 0 aliphatic carbocycles. The monoisotopic (exact) mass is 511 g/mol. The highest BCUT2D eigenvalue weighted by Crippen LogP contribution is 2.34. The van der Waals surface area contributed by atoms with Gasteiger partial charge in [0.1, 0.15) is 12.4 Å². The molecule has 0 spiro atoms. The standard InChI is InChI=1S/C23H21BrCl2FNO2/c1-29-22-11-17(13-28-9-8-15-2-5-18(27)6-3-15)19(24)12-23(22)30-14-16-4-7-20(25)21(26)10-16/h2-7,10-12,28H,8-9,13-14H2,1H3. The van der Waals surface area contributed by atoms with Crippen LogP contribution in [0.5, 0.6) is 11.5 Å². The van der Waals surface area contributed by atoms with E-state index in [4.69, 9.17) is 32.7 Å². The lowest BCUT2D eigenvalue weighted by molar-refractivity contribution is 0.284. The first kappa shape index (κ1) is 22.9. The normalized spacial score (nSPS) is 10.8. The van der Waals surface area contributed by atoms with Crippen LogP contribution in [0, 0.1) is 5.82 Å². The molecule has 0 heterocycles. The fourth-order valence-corrected chi connectivity index (χ4v) is 3.67. The fraction of sp³-hybridized carbons (Fsp3) is 0.217. The molecule has 0 saturated heterocycles. The maximum Gasteiger partial charge on any atom is 0.162 e. The molecule has 0 aliphatic rings. The van der Waals surface area contributed by atoms with Crippen molar-refractivity contribution >= 4 is 39.1 Å². The second-order valence-electron chi connectivity index (χ2n) is 6.68. The van der Waals surface area contributed by atoms with E-state index in [-0.39, 0.29) is 5.82 Å². The van der Waals surface area contributed by atoms with Crippen LogP contribution in [0.3, 0.4) is 0 Å². The Bertz CT molecular complexity index is 999. The van der Waals surface area contributed by atoms with Gasteiger partial charge in [-0.05, 0) is 66.1 Å². The summed E-state index contributed by atoms with van der Waals surface area (Å²) < 4.78 is 25.3. The predicted octanol–water partition coefficient (Wildman–Crippen LogP) is 6.81. The highest BCUT2D eigenvalue weighted by atomic mass is 79.9. The zero-order chi connectivity index (χ0) is 21.5. The van der Waals surface area contributed by atoms with E-state index < -0.39 is 0 Å². The van der Waals surface area contributed by atoms with Gasteiger partial charge in [-0.25, -0.2) is 4.39 Å². The average molecular weight is 513 g/mol. The van der Waals surface area contributed by atoms with Crippen LogP contribution in [0.15, 0.2) is 59.1 Å². The quantitative estimate of drug-likeness (QED) is 0.319. The van der Waals surface area contributed by atoms with Gasteiger partial charge in [-0.2, -0.15) is 0 Å².